The Morgan fingerprint density at radius 3 is 3.00 bits per heavy atom. The van der Waals surface area contributed by atoms with Crippen molar-refractivity contribution < 1.29 is 0 Å². The number of rotatable bonds is 3. The molecule has 20 heavy (non-hydrogen) atoms. The molecule has 1 aliphatic rings. The van der Waals surface area contributed by atoms with E-state index in [1.54, 1.807) is 17.8 Å². The van der Waals surface area contributed by atoms with Crippen LogP contribution in [0.2, 0.25) is 5.02 Å². The van der Waals surface area contributed by atoms with E-state index in [9.17, 15) is 0 Å². The molecule has 1 aliphatic heterocycles. The second-order valence-corrected chi connectivity index (χ2v) is 6.37. The van der Waals surface area contributed by atoms with Gasteiger partial charge in [0.15, 0.2) is 5.16 Å². The fourth-order valence-corrected chi connectivity index (χ4v) is 3.58. The third-order valence-electron chi connectivity index (χ3n) is 3.54. The van der Waals surface area contributed by atoms with Crippen LogP contribution in [0.3, 0.4) is 0 Å². The molecule has 0 unspecified atom stereocenters. The molecule has 0 aliphatic carbocycles. The van der Waals surface area contributed by atoms with Crippen molar-refractivity contribution in [1.29, 1.82) is 0 Å². The monoisotopic (exact) mass is 308 g/mol. The molecule has 106 valence electrons. The van der Waals surface area contributed by atoms with Crippen molar-refractivity contribution >= 4 is 29.1 Å². The molecule has 1 aromatic carbocycles. The second-order valence-electron chi connectivity index (χ2n) is 4.99. The van der Waals surface area contributed by atoms with Crippen LogP contribution in [0.15, 0.2) is 23.4 Å². The first-order valence-corrected chi connectivity index (χ1v) is 8.19. The van der Waals surface area contributed by atoms with Crippen LogP contribution in [-0.2, 0) is 18.7 Å². The highest BCUT2D eigenvalue weighted by Gasteiger charge is 2.15. The van der Waals surface area contributed by atoms with E-state index >= 15 is 0 Å². The topological polar surface area (TPSA) is 56.7 Å². The molecule has 2 aromatic rings. The molecule has 0 bridgehead atoms. The van der Waals surface area contributed by atoms with Crippen molar-refractivity contribution in [2.24, 2.45) is 0 Å². The van der Waals surface area contributed by atoms with Gasteiger partial charge in [0, 0.05) is 29.4 Å². The molecule has 0 amide bonds. The van der Waals surface area contributed by atoms with Crippen molar-refractivity contribution in [3.8, 4) is 0 Å². The summed E-state index contributed by atoms with van der Waals surface area (Å²) in [6.07, 6.45) is 4.74. The molecule has 0 saturated heterocycles. The van der Waals surface area contributed by atoms with Crippen molar-refractivity contribution in [3.63, 3.8) is 0 Å². The van der Waals surface area contributed by atoms with Crippen molar-refractivity contribution in [2.45, 2.75) is 43.1 Å². The average Bonchev–Trinajstić information content (AvgIpc) is 2.66. The molecule has 6 heteroatoms. The van der Waals surface area contributed by atoms with Crippen LogP contribution in [0.4, 0.5) is 5.69 Å². The summed E-state index contributed by atoms with van der Waals surface area (Å²) >= 11 is 7.61. The van der Waals surface area contributed by atoms with Gasteiger partial charge in [-0.15, -0.1) is 10.2 Å². The summed E-state index contributed by atoms with van der Waals surface area (Å²) < 4.78 is 2.25. The van der Waals surface area contributed by atoms with E-state index in [1.807, 2.05) is 12.1 Å². The van der Waals surface area contributed by atoms with Gasteiger partial charge in [-0.05, 0) is 30.5 Å². The first-order chi connectivity index (χ1) is 9.74. The SMILES string of the molecule is Nc1cc(Cl)ccc1CSc1nnc2n1CCCCC2. The van der Waals surface area contributed by atoms with Crippen LogP contribution in [0.1, 0.15) is 30.7 Å². The number of aryl methyl sites for hydroxylation is 1. The summed E-state index contributed by atoms with van der Waals surface area (Å²) in [6, 6.07) is 5.64. The molecule has 4 nitrogen and oxygen atoms in total. The van der Waals surface area contributed by atoms with E-state index in [1.165, 1.54) is 19.3 Å². The fraction of sp³-hybridized carbons (Fsp3) is 0.429. The van der Waals surface area contributed by atoms with Gasteiger partial charge in [-0.3, -0.25) is 0 Å². The van der Waals surface area contributed by atoms with Gasteiger partial charge in [0.2, 0.25) is 0 Å². The molecule has 0 radical (unpaired) electrons. The predicted octanol–water partition coefficient (Wildman–Crippen LogP) is 3.53. The average molecular weight is 309 g/mol. The lowest BCUT2D eigenvalue weighted by Crippen LogP contribution is -2.02. The zero-order valence-corrected chi connectivity index (χ0v) is 12.8. The maximum atomic E-state index is 5.98. The van der Waals surface area contributed by atoms with E-state index in [4.69, 9.17) is 17.3 Å². The van der Waals surface area contributed by atoms with E-state index in [2.05, 4.69) is 14.8 Å². The normalized spacial score (nSPS) is 14.8. The molecule has 3 rings (SSSR count). The summed E-state index contributed by atoms with van der Waals surface area (Å²) in [5, 5.41) is 10.3. The minimum atomic E-state index is 0.674. The molecule has 1 aromatic heterocycles. The van der Waals surface area contributed by atoms with E-state index in [-0.39, 0.29) is 0 Å². The highest BCUT2D eigenvalue weighted by atomic mass is 35.5. The van der Waals surface area contributed by atoms with Crippen LogP contribution in [0.5, 0.6) is 0 Å². The lowest BCUT2D eigenvalue weighted by molar-refractivity contribution is 0.591. The van der Waals surface area contributed by atoms with Crippen LogP contribution >= 0.6 is 23.4 Å². The third kappa shape index (κ3) is 2.94. The minimum Gasteiger partial charge on any atom is -0.398 e. The van der Waals surface area contributed by atoms with Gasteiger partial charge in [0.25, 0.3) is 0 Å². The maximum Gasteiger partial charge on any atom is 0.191 e. The highest BCUT2D eigenvalue weighted by Crippen LogP contribution is 2.28. The molecule has 0 saturated carbocycles. The molecular weight excluding hydrogens is 292 g/mol. The predicted molar refractivity (Wildman–Crippen MR) is 83.0 cm³/mol. The summed E-state index contributed by atoms with van der Waals surface area (Å²) in [5.74, 6) is 1.91. The van der Waals surface area contributed by atoms with Gasteiger partial charge >= 0.3 is 0 Å². The number of nitrogens with zero attached hydrogens (tertiary/aromatic N) is 3. The van der Waals surface area contributed by atoms with Crippen LogP contribution in [-0.4, -0.2) is 14.8 Å². The van der Waals surface area contributed by atoms with Crippen molar-refractivity contribution in [3.05, 3.63) is 34.6 Å². The molecular formula is C14H17ClN4S. The number of aromatic nitrogens is 3. The molecule has 0 atom stereocenters. The lowest BCUT2D eigenvalue weighted by Gasteiger charge is -2.08. The first kappa shape index (κ1) is 13.8. The number of nitrogens with two attached hydrogens (primary N) is 1. The molecule has 0 spiro atoms. The Kier molecular flexibility index (Phi) is 4.17. The van der Waals surface area contributed by atoms with Crippen molar-refractivity contribution in [2.75, 3.05) is 5.73 Å². The van der Waals surface area contributed by atoms with E-state index in [0.29, 0.717) is 5.02 Å². The Labute approximate surface area is 127 Å². The molecule has 2 heterocycles. The number of halogens is 1. The Balaban J connectivity index is 1.74. The first-order valence-electron chi connectivity index (χ1n) is 6.83. The van der Waals surface area contributed by atoms with E-state index in [0.717, 1.165) is 41.0 Å². The smallest absolute Gasteiger partial charge is 0.191 e. The number of benzene rings is 1. The number of hydrogen-bond acceptors (Lipinski definition) is 4. The largest absolute Gasteiger partial charge is 0.398 e. The summed E-state index contributed by atoms with van der Waals surface area (Å²) in [5.41, 5.74) is 7.81. The van der Waals surface area contributed by atoms with Gasteiger partial charge in [0.1, 0.15) is 5.82 Å². The van der Waals surface area contributed by atoms with Crippen LogP contribution in [0, 0.1) is 0 Å². The van der Waals surface area contributed by atoms with Gasteiger partial charge in [-0.25, -0.2) is 0 Å². The molecule has 2 N–H and O–H groups in total. The Bertz CT molecular complexity index is 611. The van der Waals surface area contributed by atoms with Gasteiger partial charge < -0.3 is 10.3 Å². The van der Waals surface area contributed by atoms with Crippen molar-refractivity contribution in [1.82, 2.24) is 14.8 Å². The minimum absolute atomic E-state index is 0.674. The number of thioether (sulfide) groups is 1. The maximum absolute atomic E-state index is 5.98. The number of anilines is 1. The number of nitrogen functional groups attached to an aromatic ring is 1. The lowest BCUT2D eigenvalue weighted by atomic mass is 10.2. The molecule has 0 fully saturated rings. The Morgan fingerprint density at radius 1 is 1.25 bits per heavy atom. The second kappa shape index (κ2) is 6.06. The highest BCUT2D eigenvalue weighted by molar-refractivity contribution is 7.98. The van der Waals surface area contributed by atoms with Crippen LogP contribution in [0.25, 0.3) is 0 Å². The fourth-order valence-electron chi connectivity index (χ4n) is 2.40. The van der Waals surface area contributed by atoms with E-state index < -0.39 is 0 Å². The summed E-state index contributed by atoms with van der Waals surface area (Å²) in [4.78, 5) is 0. The van der Waals surface area contributed by atoms with Gasteiger partial charge in [-0.1, -0.05) is 35.9 Å². The zero-order chi connectivity index (χ0) is 13.9. The standard InChI is InChI=1S/C14H17ClN4S/c15-11-6-5-10(12(16)8-11)9-20-14-18-17-13-4-2-1-3-7-19(13)14/h5-6,8H,1-4,7,9,16H2. The van der Waals surface area contributed by atoms with Gasteiger partial charge in [0.05, 0.1) is 0 Å². The summed E-state index contributed by atoms with van der Waals surface area (Å²) in [7, 11) is 0. The Morgan fingerprint density at radius 2 is 2.15 bits per heavy atom. The summed E-state index contributed by atoms with van der Waals surface area (Å²) in [6.45, 7) is 1.03. The van der Waals surface area contributed by atoms with Gasteiger partial charge in [-0.2, -0.15) is 0 Å². The number of fused-ring (bicyclic) bond motifs is 1. The quantitative estimate of drug-likeness (QED) is 0.696. The zero-order valence-electron chi connectivity index (χ0n) is 11.2. The van der Waals surface area contributed by atoms with Crippen LogP contribution < -0.4 is 5.73 Å². The Hall–Kier alpha value is -1.20. The third-order valence-corrected chi connectivity index (χ3v) is 4.79. The number of hydrogen-bond donors (Lipinski definition) is 1.